The molecule has 3 nitrogen and oxygen atoms in total. The molecule has 2 rings (SSSR count). The topological polar surface area (TPSA) is 29.1 Å². The lowest BCUT2D eigenvalue weighted by Crippen LogP contribution is -2.34. The Morgan fingerprint density at radius 2 is 1.55 bits per heavy atom. The predicted octanol–water partition coefficient (Wildman–Crippen LogP) is 3.15. The molecule has 104 valence electrons. The molecule has 0 unspecified atom stereocenters. The molecule has 1 N–H and O–H groups in total. The maximum atomic E-state index is 12.4. The van der Waals surface area contributed by atoms with Gasteiger partial charge in [0, 0.05) is 16.8 Å². The molecule has 0 aromatic heterocycles. The van der Waals surface area contributed by atoms with Gasteiger partial charge < -0.3 is 9.80 Å². The minimum Gasteiger partial charge on any atom is -0.327 e. The fourth-order valence-electron chi connectivity index (χ4n) is 2.11. The monoisotopic (exact) mass is 269 g/mol. The Kier molecular flexibility index (Phi) is 4.20. The molecule has 0 radical (unpaired) electrons. The number of nitrogens with one attached hydrogen (secondary N) is 1. The lowest BCUT2D eigenvalue weighted by atomic mass is 10.1. The van der Waals surface area contributed by atoms with Gasteiger partial charge in [0.2, 0.25) is 0 Å². The predicted molar refractivity (Wildman–Crippen MR) is 82.6 cm³/mol. The third-order valence-electron chi connectivity index (χ3n) is 2.94. The van der Waals surface area contributed by atoms with Crippen LogP contribution in [0.25, 0.3) is 0 Å². The lowest BCUT2D eigenvalue weighted by molar-refractivity contribution is -0.884. The summed E-state index contributed by atoms with van der Waals surface area (Å²) in [6, 6.07) is 17.3. The molecule has 0 aliphatic carbocycles. The summed E-state index contributed by atoms with van der Waals surface area (Å²) < 4.78 is 0.787. The van der Waals surface area contributed by atoms with Gasteiger partial charge >= 0.3 is 0 Å². The number of carbonyl (C=O) groups excluding carboxylic acids is 1. The smallest absolute Gasteiger partial charge is 0.256 e. The van der Waals surface area contributed by atoms with Crippen molar-refractivity contribution in [3.8, 4) is 0 Å². The van der Waals surface area contributed by atoms with E-state index in [1.165, 1.54) is 0 Å². The number of anilines is 1. The number of quaternary nitrogens is 1. The van der Waals surface area contributed by atoms with E-state index in [-0.39, 0.29) is 5.91 Å². The van der Waals surface area contributed by atoms with Crippen LogP contribution in [0.3, 0.4) is 0 Å². The Morgan fingerprint density at radius 3 is 2.20 bits per heavy atom. The van der Waals surface area contributed by atoms with Crippen molar-refractivity contribution in [1.29, 1.82) is 0 Å². The Morgan fingerprint density at radius 1 is 0.950 bits per heavy atom. The normalized spacial score (nSPS) is 11.2. The van der Waals surface area contributed by atoms with E-state index in [0.29, 0.717) is 0 Å². The Hall–Kier alpha value is -2.13. The fourth-order valence-corrected chi connectivity index (χ4v) is 2.11. The van der Waals surface area contributed by atoms with Crippen molar-refractivity contribution < 1.29 is 9.28 Å². The first-order valence-electron chi connectivity index (χ1n) is 6.70. The van der Waals surface area contributed by atoms with Crippen LogP contribution in [0.1, 0.15) is 15.9 Å². The minimum absolute atomic E-state index is 0.0553. The molecular weight excluding hydrogens is 248 g/mol. The molecule has 0 atom stereocenters. The van der Waals surface area contributed by atoms with Crippen LogP contribution in [0.2, 0.25) is 0 Å². The summed E-state index contributed by atoms with van der Waals surface area (Å²) in [5.74, 6) is -0.0553. The summed E-state index contributed by atoms with van der Waals surface area (Å²) in [7, 11) is 6.35. The van der Waals surface area contributed by atoms with E-state index in [1.807, 2.05) is 54.6 Å². The quantitative estimate of drug-likeness (QED) is 0.849. The molecule has 3 heteroatoms. The van der Waals surface area contributed by atoms with Crippen molar-refractivity contribution in [3.63, 3.8) is 0 Å². The molecule has 20 heavy (non-hydrogen) atoms. The average molecular weight is 269 g/mol. The molecule has 0 aliphatic rings. The maximum absolute atomic E-state index is 12.4. The molecule has 2 aromatic rings. The van der Waals surface area contributed by atoms with Crippen LogP contribution < -0.4 is 5.32 Å². The number of nitrogens with zero attached hydrogens (tertiary/aromatic N) is 1. The highest BCUT2D eigenvalue weighted by molar-refractivity contribution is 6.05. The Labute approximate surface area is 120 Å². The summed E-state index contributed by atoms with van der Waals surface area (Å²) >= 11 is 0. The molecular formula is C17H21N2O+. The number of hydrogen-bond donors (Lipinski definition) is 1. The van der Waals surface area contributed by atoms with Gasteiger partial charge in [0.1, 0.15) is 6.54 Å². The van der Waals surface area contributed by atoms with Gasteiger partial charge in [0.15, 0.2) is 0 Å². The minimum atomic E-state index is -0.0553. The van der Waals surface area contributed by atoms with Gasteiger partial charge in [-0.05, 0) is 18.2 Å². The first-order chi connectivity index (χ1) is 9.46. The second-order valence-corrected chi connectivity index (χ2v) is 5.93. The van der Waals surface area contributed by atoms with E-state index in [1.54, 1.807) is 0 Å². The lowest BCUT2D eigenvalue weighted by Gasteiger charge is -2.25. The van der Waals surface area contributed by atoms with Crippen LogP contribution in [-0.4, -0.2) is 31.5 Å². The van der Waals surface area contributed by atoms with Crippen LogP contribution in [0.5, 0.6) is 0 Å². The first kappa shape index (κ1) is 14.3. The van der Waals surface area contributed by atoms with Gasteiger partial charge in [0.05, 0.1) is 21.1 Å². The van der Waals surface area contributed by atoms with Crippen molar-refractivity contribution in [2.75, 3.05) is 26.5 Å². The molecule has 0 spiro atoms. The standard InChI is InChI=1S/C17H20N2O/c1-19(2,3)13-14-9-7-8-12-16(14)17(20)18-15-10-5-4-6-11-15/h4-12H,13H2,1-3H3/p+1. The zero-order valence-electron chi connectivity index (χ0n) is 12.3. The largest absolute Gasteiger partial charge is 0.327 e. The van der Waals surface area contributed by atoms with E-state index in [4.69, 9.17) is 0 Å². The molecule has 0 bridgehead atoms. The zero-order chi connectivity index (χ0) is 14.6. The Balaban J connectivity index is 2.22. The van der Waals surface area contributed by atoms with Crippen LogP contribution >= 0.6 is 0 Å². The highest BCUT2D eigenvalue weighted by Gasteiger charge is 2.16. The number of amides is 1. The fraction of sp³-hybridized carbons (Fsp3) is 0.235. The van der Waals surface area contributed by atoms with Gasteiger partial charge in [0.25, 0.3) is 5.91 Å². The van der Waals surface area contributed by atoms with E-state index in [2.05, 4.69) is 26.5 Å². The van der Waals surface area contributed by atoms with Crippen molar-refractivity contribution in [3.05, 3.63) is 65.7 Å². The van der Waals surface area contributed by atoms with Crippen LogP contribution in [0, 0.1) is 0 Å². The Bertz CT molecular complexity index is 585. The van der Waals surface area contributed by atoms with E-state index in [9.17, 15) is 4.79 Å². The van der Waals surface area contributed by atoms with Crippen LogP contribution in [0.4, 0.5) is 5.69 Å². The molecule has 0 saturated carbocycles. The first-order valence-corrected chi connectivity index (χ1v) is 6.70. The summed E-state index contributed by atoms with van der Waals surface area (Å²) in [6.07, 6.45) is 0. The number of para-hydroxylation sites is 1. The van der Waals surface area contributed by atoms with E-state index < -0.39 is 0 Å². The zero-order valence-corrected chi connectivity index (χ0v) is 12.3. The van der Waals surface area contributed by atoms with Crippen molar-refractivity contribution in [2.45, 2.75) is 6.54 Å². The third-order valence-corrected chi connectivity index (χ3v) is 2.94. The van der Waals surface area contributed by atoms with Crippen molar-refractivity contribution in [1.82, 2.24) is 0 Å². The summed E-state index contributed by atoms with van der Waals surface area (Å²) in [5.41, 5.74) is 2.62. The molecule has 1 amide bonds. The highest BCUT2D eigenvalue weighted by Crippen LogP contribution is 2.15. The van der Waals surface area contributed by atoms with Crippen LogP contribution in [0.15, 0.2) is 54.6 Å². The number of rotatable bonds is 4. The second-order valence-electron chi connectivity index (χ2n) is 5.93. The van der Waals surface area contributed by atoms with Gasteiger partial charge in [-0.3, -0.25) is 4.79 Å². The molecule has 2 aromatic carbocycles. The summed E-state index contributed by atoms with van der Waals surface area (Å²) in [6.45, 7) is 0.818. The highest BCUT2D eigenvalue weighted by atomic mass is 16.1. The van der Waals surface area contributed by atoms with Gasteiger partial charge in [-0.2, -0.15) is 0 Å². The average Bonchev–Trinajstić information content (AvgIpc) is 2.38. The van der Waals surface area contributed by atoms with Gasteiger partial charge in [-0.25, -0.2) is 0 Å². The second kappa shape index (κ2) is 5.88. The number of hydrogen-bond acceptors (Lipinski definition) is 1. The van der Waals surface area contributed by atoms with E-state index >= 15 is 0 Å². The van der Waals surface area contributed by atoms with Crippen LogP contribution in [-0.2, 0) is 6.54 Å². The molecule has 0 heterocycles. The van der Waals surface area contributed by atoms with Crippen molar-refractivity contribution in [2.24, 2.45) is 0 Å². The summed E-state index contributed by atoms with van der Waals surface area (Å²) in [5, 5.41) is 2.94. The number of benzene rings is 2. The SMILES string of the molecule is C[N+](C)(C)Cc1ccccc1C(=O)Nc1ccccc1. The molecule has 0 saturated heterocycles. The third kappa shape index (κ3) is 3.93. The maximum Gasteiger partial charge on any atom is 0.256 e. The molecule has 0 fully saturated rings. The van der Waals surface area contributed by atoms with Crippen molar-refractivity contribution >= 4 is 11.6 Å². The summed E-state index contributed by atoms with van der Waals surface area (Å²) in [4.78, 5) is 12.4. The van der Waals surface area contributed by atoms with E-state index in [0.717, 1.165) is 27.8 Å². The molecule has 0 aliphatic heterocycles. The number of carbonyl (C=O) groups is 1. The van der Waals surface area contributed by atoms with Gasteiger partial charge in [-0.15, -0.1) is 0 Å². The van der Waals surface area contributed by atoms with Gasteiger partial charge in [-0.1, -0.05) is 36.4 Å².